The van der Waals surface area contributed by atoms with Crippen LogP contribution in [0.3, 0.4) is 0 Å². The van der Waals surface area contributed by atoms with Gasteiger partial charge in [-0.05, 0) is 66.6 Å². The van der Waals surface area contributed by atoms with Gasteiger partial charge in [0.1, 0.15) is 11.5 Å². The van der Waals surface area contributed by atoms with Gasteiger partial charge in [0.2, 0.25) is 0 Å². The largest absolute Gasteiger partial charge is 0.457 e. The number of amides is 1. The molecule has 0 aliphatic carbocycles. The zero-order valence-corrected chi connectivity index (χ0v) is 17.7. The van der Waals surface area contributed by atoms with E-state index in [9.17, 15) is 14.9 Å². The number of nitrogens with one attached hydrogen (secondary N) is 1. The summed E-state index contributed by atoms with van der Waals surface area (Å²) < 4.78 is 5.86. The SMILES string of the molecule is CCc1ccc(N=C2NC(=O)/C(=C\c3ccc(-c4ccc([N+](=O)[O-])cc4C)o3)S2)cc1. The van der Waals surface area contributed by atoms with Gasteiger partial charge in [0.15, 0.2) is 5.17 Å². The number of carbonyl (C=O) groups excluding carboxylic acids is 1. The minimum Gasteiger partial charge on any atom is -0.457 e. The number of nitro groups is 1. The van der Waals surface area contributed by atoms with E-state index < -0.39 is 4.92 Å². The fourth-order valence-electron chi connectivity index (χ4n) is 3.15. The minimum absolute atomic E-state index is 0.0327. The Balaban J connectivity index is 1.53. The molecule has 0 radical (unpaired) electrons. The maximum Gasteiger partial charge on any atom is 0.269 e. The molecule has 0 spiro atoms. The minimum atomic E-state index is -0.429. The van der Waals surface area contributed by atoms with E-state index >= 15 is 0 Å². The van der Waals surface area contributed by atoms with Gasteiger partial charge in [0, 0.05) is 23.8 Å². The Morgan fingerprint density at radius 3 is 2.61 bits per heavy atom. The Bertz CT molecular complexity index is 1230. The number of amidine groups is 1. The Kier molecular flexibility index (Phi) is 5.73. The van der Waals surface area contributed by atoms with Crippen LogP contribution in [0.2, 0.25) is 0 Å². The summed E-state index contributed by atoms with van der Waals surface area (Å²) in [5.74, 6) is 0.852. The first-order valence-electron chi connectivity index (χ1n) is 9.66. The number of thioether (sulfide) groups is 1. The number of nitrogens with zero attached hydrogens (tertiary/aromatic N) is 2. The van der Waals surface area contributed by atoms with Crippen LogP contribution in [0.5, 0.6) is 0 Å². The number of furan rings is 1. The lowest BCUT2D eigenvalue weighted by atomic mass is 10.1. The maximum atomic E-state index is 12.3. The average Bonchev–Trinajstić information content (AvgIpc) is 3.35. The first kappa shape index (κ1) is 20.6. The van der Waals surface area contributed by atoms with Crippen molar-refractivity contribution in [2.45, 2.75) is 20.3 Å². The maximum absolute atomic E-state index is 12.3. The van der Waals surface area contributed by atoms with E-state index in [2.05, 4.69) is 17.2 Å². The molecule has 4 rings (SSSR count). The van der Waals surface area contributed by atoms with Crippen LogP contribution in [0, 0.1) is 17.0 Å². The van der Waals surface area contributed by atoms with Crippen molar-refractivity contribution in [3.05, 3.63) is 86.5 Å². The van der Waals surface area contributed by atoms with Crippen molar-refractivity contribution < 1.29 is 14.1 Å². The molecule has 0 bridgehead atoms. The summed E-state index contributed by atoms with van der Waals surface area (Å²) >= 11 is 1.25. The number of hydrogen-bond donors (Lipinski definition) is 1. The molecule has 3 aromatic rings. The number of rotatable bonds is 5. The van der Waals surface area contributed by atoms with Crippen LogP contribution in [0.25, 0.3) is 17.4 Å². The van der Waals surface area contributed by atoms with E-state index in [0.29, 0.717) is 21.6 Å². The van der Waals surface area contributed by atoms with Gasteiger partial charge < -0.3 is 9.73 Å². The van der Waals surface area contributed by atoms with Crippen molar-refractivity contribution >= 4 is 40.3 Å². The summed E-state index contributed by atoms with van der Waals surface area (Å²) in [4.78, 5) is 27.8. The van der Waals surface area contributed by atoms with Crippen molar-refractivity contribution in [1.82, 2.24) is 5.32 Å². The molecule has 0 atom stereocenters. The monoisotopic (exact) mass is 433 g/mol. The number of aliphatic imine (C=N–C) groups is 1. The molecule has 1 aliphatic heterocycles. The molecule has 31 heavy (non-hydrogen) atoms. The highest BCUT2D eigenvalue weighted by Crippen LogP contribution is 2.32. The number of aryl methyl sites for hydroxylation is 2. The van der Waals surface area contributed by atoms with Crippen molar-refractivity contribution in [2.75, 3.05) is 0 Å². The smallest absolute Gasteiger partial charge is 0.269 e. The van der Waals surface area contributed by atoms with Gasteiger partial charge in [-0.15, -0.1) is 0 Å². The van der Waals surface area contributed by atoms with Crippen molar-refractivity contribution in [3.63, 3.8) is 0 Å². The quantitative estimate of drug-likeness (QED) is 0.320. The van der Waals surface area contributed by atoms with Gasteiger partial charge in [0.25, 0.3) is 11.6 Å². The van der Waals surface area contributed by atoms with Crippen LogP contribution in [0.15, 0.2) is 68.9 Å². The number of benzene rings is 2. The molecule has 1 fully saturated rings. The second-order valence-electron chi connectivity index (χ2n) is 6.96. The van der Waals surface area contributed by atoms with Crippen LogP contribution < -0.4 is 5.32 Å². The van der Waals surface area contributed by atoms with Crippen LogP contribution in [-0.4, -0.2) is 16.0 Å². The van der Waals surface area contributed by atoms with Crippen molar-refractivity contribution in [1.29, 1.82) is 0 Å². The number of carbonyl (C=O) groups is 1. The Labute approximate surface area is 183 Å². The molecule has 1 amide bonds. The van der Waals surface area contributed by atoms with Crippen LogP contribution in [-0.2, 0) is 11.2 Å². The molecule has 7 nitrogen and oxygen atoms in total. The average molecular weight is 433 g/mol. The second-order valence-corrected chi connectivity index (χ2v) is 7.99. The first-order chi connectivity index (χ1) is 14.9. The predicted molar refractivity (Wildman–Crippen MR) is 122 cm³/mol. The molecule has 2 aromatic carbocycles. The summed E-state index contributed by atoms with van der Waals surface area (Å²) in [5.41, 5.74) is 3.53. The van der Waals surface area contributed by atoms with Crippen molar-refractivity contribution in [3.8, 4) is 11.3 Å². The lowest BCUT2D eigenvalue weighted by Gasteiger charge is -2.02. The molecule has 8 heteroatoms. The lowest BCUT2D eigenvalue weighted by molar-refractivity contribution is -0.384. The van der Waals surface area contributed by atoms with Gasteiger partial charge >= 0.3 is 0 Å². The normalized spacial score (nSPS) is 16.1. The van der Waals surface area contributed by atoms with Gasteiger partial charge in [-0.2, -0.15) is 0 Å². The third-order valence-electron chi connectivity index (χ3n) is 4.81. The number of non-ortho nitro benzene ring substituents is 1. The fraction of sp³-hybridized carbons (Fsp3) is 0.130. The summed E-state index contributed by atoms with van der Waals surface area (Å²) in [6.07, 6.45) is 2.62. The fourth-order valence-corrected chi connectivity index (χ4v) is 3.97. The van der Waals surface area contributed by atoms with E-state index in [1.807, 2.05) is 24.3 Å². The van der Waals surface area contributed by atoms with Gasteiger partial charge in [-0.25, -0.2) is 4.99 Å². The molecular formula is C23H19N3O4S. The molecule has 0 saturated carbocycles. The molecule has 156 valence electrons. The number of nitro benzene ring substituents is 1. The van der Waals surface area contributed by atoms with Crippen LogP contribution >= 0.6 is 11.8 Å². The van der Waals surface area contributed by atoms with E-state index in [1.54, 1.807) is 31.2 Å². The molecule has 1 aliphatic rings. The zero-order valence-electron chi connectivity index (χ0n) is 16.9. The van der Waals surface area contributed by atoms with Crippen LogP contribution in [0.1, 0.15) is 23.8 Å². The Morgan fingerprint density at radius 1 is 1.16 bits per heavy atom. The molecular weight excluding hydrogens is 414 g/mol. The number of hydrogen-bond acceptors (Lipinski definition) is 6. The first-order valence-corrected chi connectivity index (χ1v) is 10.5. The van der Waals surface area contributed by atoms with Gasteiger partial charge in [0.05, 0.1) is 15.5 Å². The summed E-state index contributed by atoms with van der Waals surface area (Å²) in [6, 6.07) is 16.0. The zero-order chi connectivity index (χ0) is 22.0. The summed E-state index contributed by atoms with van der Waals surface area (Å²) in [5, 5.41) is 14.2. The van der Waals surface area contributed by atoms with E-state index in [1.165, 1.54) is 29.5 Å². The van der Waals surface area contributed by atoms with E-state index in [4.69, 9.17) is 4.42 Å². The highest BCUT2D eigenvalue weighted by atomic mass is 32.2. The third-order valence-corrected chi connectivity index (χ3v) is 5.72. The highest BCUT2D eigenvalue weighted by molar-refractivity contribution is 8.18. The Hall–Kier alpha value is -3.65. The summed E-state index contributed by atoms with van der Waals surface area (Å²) in [6.45, 7) is 3.88. The van der Waals surface area contributed by atoms with Gasteiger partial charge in [-0.3, -0.25) is 14.9 Å². The molecule has 1 aromatic heterocycles. The lowest BCUT2D eigenvalue weighted by Crippen LogP contribution is -2.19. The van der Waals surface area contributed by atoms with Crippen molar-refractivity contribution in [2.24, 2.45) is 4.99 Å². The molecule has 2 heterocycles. The highest BCUT2D eigenvalue weighted by Gasteiger charge is 2.24. The summed E-state index contributed by atoms with van der Waals surface area (Å²) in [7, 11) is 0. The van der Waals surface area contributed by atoms with Gasteiger partial charge in [-0.1, -0.05) is 19.1 Å². The molecule has 1 saturated heterocycles. The predicted octanol–water partition coefficient (Wildman–Crippen LogP) is 5.62. The van der Waals surface area contributed by atoms with E-state index in [-0.39, 0.29) is 11.6 Å². The van der Waals surface area contributed by atoms with Crippen LogP contribution in [0.4, 0.5) is 11.4 Å². The molecule has 1 N–H and O–H groups in total. The third kappa shape index (κ3) is 4.59. The van der Waals surface area contributed by atoms with E-state index in [0.717, 1.165) is 23.2 Å². The Morgan fingerprint density at radius 2 is 1.94 bits per heavy atom. The molecule has 0 unspecified atom stereocenters. The standard InChI is InChI=1S/C23H19N3O4S/c1-3-15-4-6-16(7-5-15)24-23-25-22(27)21(31-23)13-18-9-11-20(30-18)19-10-8-17(26(28)29)12-14(19)2/h4-13H,3H2,1-2H3,(H,24,25,27)/b21-13+. The second kappa shape index (κ2) is 8.61. The topological polar surface area (TPSA) is 97.7 Å².